The first-order chi connectivity index (χ1) is 11.4. The second-order valence-corrected chi connectivity index (χ2v) is 8.22. The van der Waals surface area contributed by atoms with E-state index in [2.05, 4.69) is 56.4 Å². The first-order valence-corrected chi connectivity index (χ1v) is 9.20. The summed E-state index contributed by atoms with van der Waals surface area (Å²) in [7, 11) is 4.11. The number of nitrogens with zero attached hydrogens (tertiary/aromatic N) is 1. The van der Waals surface area contributed by atoms with Crippen molar-refractivity contribution in [2.45, 2.75) is 57.9 Å². The molecule has 2 aliphatic rings. The summed E-state index contributed by atoms with van der Waals surface area (Å²) in [5, 5.41) is 3.61. The highest BCUT2D eigenvalue weighted by molar-refractivity contribution is 5.98. The molecular formula is C21H30N2O. The van der Waals surface area contributed by atoms with Gasteiger partial charge in [-0.1, -0.05) is 25.3 Å². The Labute approximate surface area is 146 Å². The van der Waals surface area contributed by atoms with Gasteiger partial charge in [-0.2, -0.15) is 0 Å². The molecule has 1 N–H and O–H groups in total. The van der Waals surface area contributed by atoms with Crippen molar-refractivity contribution in [3.8, 4) is 0 Å². The molecule has 1 aromatic carbocycles. The number of nitrogens with one attached hydrogen (secondary N) is 1. The van der Waals surface area contributed by atoms with Crippen LogP contribution in [0.5, 0.6) is 0 Å². The lowest BCUT2D eigenvalue weighted by Gasteiger charge is -2.36. The van der Waals surface area contributed by atoms with E-state index < -0.39 is 0 Å². The first-order valence-electron chi connectivity index (χ1n) is 9.20. The van der Waals surface area contributed by atoms with Gasteiger partial charge in [-0.3, -0.25) is 4.79 Å². The summed E-state index contributed by atoms with van der Waals surface area (Å²) in [6.07, 6.45) is 8.63. The third kappa shape index (κ3) is 3.66. The molecule has 3 nitrogen and oxygen atoms in total. The van der Waals surface area contributed by atoms with Crippen molar-refractivity contribution in [3.63, 3.8) is 0 Å². The van der Waals surface area contributed by atoms with E-state index in [9.17, 15) is 4.79 Å². The van der Waals surface area contributed by atoms with E-state index in [1.807, 2.05) is 6.08 Å². The summed E-state index contributed by atoms with van der Waals surface area (Å²) in [6.45, 7) is 4.41. The molecule has 1 fully saturated rings. The average molecular weight is 326 g/mol. The van der Waals surface area contributed by atoms with Gasteiger partial charge in [0, 0.05) is 48.6 Å². The van der Waals surface area contributed by atoms with Crippen molar-refractivity contribution in [2.24, 2.45) is 5.92 Å². The summed E-state index contributed by atoms with van der Waals surface area (Å²) < 4.78 is 0. The van der Waals surface area contributed by atoms with Crippen LogP contribution in [0, 0.1) is 5.92 Å². The molecule has 1 saturated carbocycles. The molecule has 3 rings (SSSR count). The number of rotatable bonds is 3. The molecule has 0 radical (unpaired) electrons. The van der Waals surface area contributed by atoms with E-state index in [0.29, 0.717) is 5.78 Å². The molecule has 0 bridgehead atoms. The maximum Gasteiger partial charge on any atom is 0.160 e. The molecule has 1 aromatic rings. The van der Waals surface area contributed by atoms with Crippen LogP contribution in [0.2, 0.25) is 0 Å². The average Bonchev–Trinajstić information content (AvgIpc) is 2.54. The smallest absolute Gasteiger partial charge is 0.160 e. The van der Waals surface area contributed by atoms with Crippen LogP contribution in [0.4, 0.5) is 5.69 Å². The highest BCUT2D eigenvalue weighted by Gasteiger charge is 2.29. The number of carbonyl (C=O) groups excluding carboxylic acids is 1. The Hall–Kier alpha value is -1.77. The fraction of sp³-hybridized carbons (Fsp3) is 0.571. The van der Waals surface area contributed by atoms with Crippen molar-refractivity contribution in [1.82, 2.24) is 5.32 Å². The molecule has 24 heavy (non-hydrogen) atoms. The number of hydrogen-bond acceptors (Lipinski definition) is 3. The van der Waals surface area contributed by atoms with Gasteiger partial charge in [-0.15, -0.1) is 0 Å². The number of benzene rings is 1. The third-order valence-corrected chi connectivity index (χ3v) is 5.30. The van der Waals surface area contributed by atoms with Gasteiger partial charge in [0.2, 0.25) is 0 Å². The Morgan fingerprint density at radius 3 is 2.58 bits per heavy atom. The molecule has 0 amide bonds. The van der Waals surface area contributed by atoms with Gasteiger partial charge in [-0.05, 0) is 50.8 Å². The summed E-state index contributed by atoms with van der Waals surface area (Å²) in [4.78, 5) is 14.9. The largest absolute Gasteiger partial charge is 0.379 e. The van der Waals surface area contributed by atoms with Gasteiger partial charge in [0.1, 0.15) is 0 Å². The Morgan fingerprint density at radius 2 is 1.92 bits per heavy atom. The highest BCUT2D eigenvalue weighted by atomic mass is 16.1. The van der Waals surface area contributed by atoms with E-state index in [-0.39, 0.29) is 11.5 Å². The van der Waals surface area contributed by atoms with Crippen LogP contribution in [-0.4, -0.2) is 25.4 Å². The molecule has 130 valence electrons. The molecule has 1 aliphatic carbocycles. The van der Waals surface area contributed by atoms with Crippen LogP contribution in [0.15, 0.2) is 24.3 Å². The lowest BCUT2D eigenvalue weighted by molar-refractivity contribution is -0.119. The van der Waals surface area contributed by atoms with Crippen molar-refractivity contribution in [2.75, 3.05) is 19.0 Å². The zero-order valence-electron chi connectivity index (χ0n) is 15.5. The van der Waals surface area contributed by atoms with Gasteiger partial charge in [-0.25, -0.2) is 0 Å². The number of allylic oxidation sites excluding steroid dienone is 1. The predicted octanol–water partition coefficient (Wildman–Crippen LogP) is 4.17. The van der Waals surface area contributed by atoms with Crippen molar-refractivity contribution < 1.29 is 4.79 Å². The van der Waals surface area contributed by atoms with Crippen LogP contribution >= 0.6 is 0 Å². The fourth-order valence-electron chi connectivity index (χ4n) is 3.96. The van der Waals surface area contributed by atoms with Crippen molar-refractivity contribution >= 4 is 17.2 Å². The quantitative estimate of drug-likeness (QED) is 0.846. The molecule has 1 aliphatic heterocycles. The molecule has 0 atom stereocenters. The SMILES string of the molecule is CN(C)c1ccc2c(c1)C(=CC(=O)C1CCCCC1)NC(C)(C)C2. The molecule has 0 spiro atoms. The van der Waals surface area contributed by atoms with Crippen LogP contribution in [0.3, 0.4) is 0 Å². The second-order valence-electron chi connectivity index (χ2n) is 8.22. The lowest BCUT2D eigenvalue weighted by atomic mass is 9.83. The van der Waals surface area contributed by atoms with Crippen LogP contribution in [0.1, 0.15) is 57.1 Å². The van der Waals surface area contributed by atoms with Gasteiger partial charge in [0.05, 0.1) is 0 Å². The van der Waals surface area contributed by atoms with Gasteiger partial charge in [0.15, 0.2) is 5.78 Å². The zero-order chi connectivity index (χ0) is 17.3. The topological polar surface area (TPSA) is 32.3 Å². The molecule has 0 saturated heterocycles. The van der Waals surface area contributed by atoms with Crippen molar-refractivity contribution in [1.29, 1.82) is 0 Å². The normalized spacial score (nSPS) is 21.9. The van der Waals surface area contributed by atoms with Crippen LogP contribution < -0.4 is 10.2 Å². The molecule has 1 heterocycles. The van der Waals surface area contributed by atoms with E-state index in [1.165, 1.54) is 36.1 Å². The van der Waals surface area contributed by atoms with Gasteiger partial charge in [0.25, 0.3) is 0 Å². The number of carbonyl (C=O) groups is 1. The standard InChI is InChI=1S/C21H30N2O/c1-21(2)14-16-10-11-17(23(3)4)12-18(16)19(22-21)13-20(24)15-8-6-5-7-9-15/h10-13,15,22H,5-9,14H2,1-4H3. The molecular weight excluding hydrogens is 296 g/mol. The monoisotopic (exact) mass is 326 g/mol. The van der Waals surface area contributed by atoms with E-state index >= 15 is 0 Å². The summed E-state index contributed by atoms with van der Waals surface area (Å²) in [5.74, 6) is 0.523. The molecule has 0 aromatic heterocycles. The zero-order valence-corrected chi connectivity index (χ0v) is 15.5. The number of hydrogen-bond donors (Lipinski definition) is 1. The first kappa shape index (κ1) is 17.1. The Bertz CT molecular complexity index is 652. The number of fused-ring (bicyclic) bond motifs is 1. The minimum absolute atomic E-state index is 0.0225. The van der Waals surface area contributed by atoms with E-state index in [0.717, 1.165) is 25.0 Å². The van der Waals surface area contributed by atoms with Gasteiger partial charge >= 0.3 is 0 Å². The maximum absolute atomic E-state index is 12.8. The molecule has 3 heteroatoms. The minimum atomic E-state index is -0.0225. The second kappa shape index (κ2) is 6.62. The Balaban J connectivity index is 1.96. The lowest BCUT2D eigenvalue weighted by Crippen LogP contribution is -2.44. The number of ketones is 1. The Kier molecular flexibility index (Phi) is 4.71. The predicted molar refractivity (Wildman–Crippen MR) is 101 cm³/mol. The van der Waals surface area contributed by atoms with Gasteiger partial charge < -0.3 is 10.2 Å². The minimum Gasteiger partial charge on any atom is -0.379 e. The maximum atomic E-state index is 12.8. The van der Waals surface area contributed by atoms with Crippen molar-refractivity contribution in [3.05, 3.63) is 35.4 Å². The van der Waals surface area contributed by atoms with E-state index in [4.69, 9.17) is 0 Å². The molecule has 0 unspecified atom stereocenters. The fourth-order valence-corrected chi connectivity index (χ4v) is 3.96. The van der Waals surface area contributed by atoms with Crippen LogP contribution in [-0.2, 0) is 11.2 Å². The number of anilines is 1. The third-order valence-electron chi connectivity index (χ3n) is 5.30. The van der Waals surface area contributed by atoms with Crippen LogP contribution in [0.25, 0.3) is 5.70 Å². The Morgan fingerprint density at radius 1 is 1.21 bits per heavy atom. The summed E-state index contributed by atoms with van der Waals surface area (Å²) in [6, 6.07) is 6.59. The highest BCUT2D eigenvalue weighted by Crippen LogP contribution is 2.33. The summed E-state index contributed by atoms with van der Waals surface area (Å²) in [5.41, 5.74) is 4.66. The van der Waals surface area contributed by atoms with E-state index in [1.54, 1.807) is 0 Å². The summed E-state index contributed by atoms with van der Waals surface area (Å²) >= 11 is 0.